The van der Waals surface area contributed by atoms with Gasteiger partial charge in [0.05, 0.1) is 34.9 Å². The second kappa shape index (κ2) is 8.74. The number of amides is 5. The van der Waals surface area contributed by atoms with Crippen LogP contribution in [0.15, 0.2) is 36.4 Å². The Morgan fingerprint density at radius 1 is 0.914 bits per heavy atom. The molecule has 35 heavy (non-hydrogen) atoms. The van der Waals surface area contributed by atoms with E-state index in [0.717, 1.165) is 12.8 Å². The monoisotopic (exact) mass is 475 g/mol. The Morgan fingerprint density at radius 2 is 1.54 bits per heavy atom. The largest absolute Gasteiger partial charge is 0.376 e. The van der Waals surface area contributed by atoms with Gasteiger partial charge in [-0.15, -0.1) is 0 Å². The number of rotatable bonds is 6. The number of ether oxygens (including phenoxy) is 1. The molecule has 1 fully saturated rings. The van der Waals surface area contributed by atoms with Crippen LogP contribution in [0.4, 0.5) is 5.69 Å². The van der Waals surface area contributed by atoms with Gasteiger partial charge >= 0.3 is 0 Å². The zero-order chi connectivity index (χ0) is 24.9. The van der Waals surface area contributed by atoms with Gasteiger partial charge in [0.25, 0.3) is 29.5 Å². The molecule has 2 aromatic rings. The van der Waals surface area contributed by atoms with Crippen molar-refractivity contribution in [3.63, 3.8) is 0 Å². The van der Waals surface area contributed by atoms with Crippen LogP contribution in [0.3, 0.4) is 0 Å². The maximum Gasteiger partial charge on any atom is 0.261 e. The minimum Gasteiger partial charge on any atom is -0.376 e. The summed E-state index contributed by atoms with van der Waals surface area (Å²) in [6, 6.07) is 8.95. The third kappa shape index (κ3) is 4.01. The molecule has 9 nitrogen and oxygen atoms in total. The molecule has 0 spiro atoms. The van der Waals surface area contributed by atoms with Crippen molar-refractivity contribution in [3.05, 3.63) is 64.2 Å². The van der Waals surface area contributed by atoms with Crippen LogP contribution in [0, 0.1) is 5.92 Å². The predicted molar refractivity (Wildman–Crippen MR) is 125 cm³/mol. The van der Waals surface area contributed by atoms with Gasteiger partial charge in [0.15, 0.2) is 0 Å². The molecule has 3 heterocycles. The molecule has 1 unspecified atom stereocenters. The van der Waals surface area contributed by atoms with E-state index in [0.29, 0.717) is 24.4 Å². The van der Waals surface area contributed by atoms with Crippen LogP contribution in [0.2, 0.25) is 0 Å². The quantitative estimate of drug-likeness (QED) is 0.643. The molecule has 0 aromatic heterocycles. The first-order chi connectivity index (χ1) is 16.7. The lowest BCUT2D eigenvalue weighted by molar-refractivity contribution is 0.0475. The molecule has 0 aliphatic carbocycles. The lowest BCUT2D eigenvalue weighted by atomic mass is 10.0. The van der Waals surface area contributed by atoms with Gasteiger partial charge < -0.3 is 10.1 Å². The van der Waals surface area contributed by atoms with E-state index in [1.165, 1.54) is 40.1 Å². The molecule has 1 atom stereocenters. The number of nitrogens with zero attached hydrogens (tertiary/aromatic N) is 2. The third-order valence-electron chi connectivity index (χ3n) is 6.42. The number of hydrogen-bond donors (Lipinski definition) is 1. The van der Waals surface area contributed by atoms with Gasteiger partial charge in [-0.2, -0.15) is 0 Å². The van der Waals surface area contributed by atoms with Gasteiger partial charge in [0, 0.05) is 24.4 Å². The lowest BCUT2D eigenvalue weighted by Gasteiger charge is -2.17. The van der Waals surface area contributed by atoms with Crippen molar-refractivity contribution >= 4 is 35.2 Å². The van der Waals surface area contributed by atoms with Gasteiger partial charge in [0.1, 0.15) is 0 Å². The SMILES string of the molecule is CC(C)CN1C(=O)c2ccc(NC(=O)c3ccc4c(c3)C(=O)N(CC3CCCO3)C4=O)cc2C1=O. The van der Waals surface area contributed by atoms with Gasteiger partial charge in [-0.25, -0.2) is 0 Å². The Morgan fingerprint density at radius 3 is 2.23 bits per heavy atom. The molecule has 1 N–H and O–H groups in total. The highest BCUT2D eigenvalue weighted by Crippen LogP contribution is 2.28. The average molecular weight is 476 g/mol. The second-order valence-electron chi connectivity index (χ2n) is 9.45. The molecule has 0 saturated carbocycles. The van der Waals surface area contributed by atoms with E-state index in [2.05, 4.69) is 5.32 Å². The van der Waals surface area contributed by atoms with Crippen molar-refractivity contribution < 1.29 is 28.7 Å². The number of benzene rings is 2. The summed E-state index contributed by atoms with van der Waals surface area (Å²) >= 11 is 0. The summed E-state index contributed by atoms with van der Waals surface area (Å²) in [5.74, 6) is -1.93. The normalized spacial score (nSPS) is 19.1. The highest BCUT2D eigenvalue weighted by Gasteiger charge is 2.38. The molecule has 5 amide bonds. The van der Waals surface area contributed by atoms with Crippen molar-refractivity contribution in [2.75, 3.05) is 25.0 Å². The van der Waals surface area contributed by atoms with E-state index < -0.39 is 11.8 Å². The fraction of sp³-hybridized carbons (Fsp3) is 0.346. The van der Waals surface area contributed by atoms with Gasteiger partial charge in [-0.05, 0) is 55.2 Å². The van der Waals surface area contributed by atoms with Gasteiger partial charge in [-0.1, -0.05) is 13.8 Å². The fourth-order valence-electron chi connectivity index (χ4n) is 4.69. The van der Waals surface area contributed by atoms with E-state index in [1.54, 1.807) is 6.07 Å². The third-order valence-corrected chi connectivity index (χ3v) is 6.42. The Kier molecular flexibility index (Phi) is 5.72. The Bertz CT molecular complexity index is 1280. The summed E-state index contributed by atoms with van der Waals surface area (Å²) in [6.07, 6.45) is 1.53. The van der Waals surface area contributed by atoms with Crippen molar-refractivity contribution in [3.8, 4) is 0 Å². The summed E-state index contributed by atoms with van der Waals surface area (Å²) in [6.45, 7) is 4.98. The number of anilines is 1. The van der Waals surface area contributed by atoms with E-state index >= 15 is 0 Å². The molecule has 5 rings (SSSR count). The standard InChI is InChI=1S/C26H25N3O6/c1-14(2)12-28-23(31)19-8-6-16(11-21(19)26(28)34)27-22(30)15-5-7-18-20(10-15)25(33)29(24(18)32)13-17-4-3-9-35-17/h5-8,10-11,14,17H,3-4,9,12-13H2,1-2H3,(H,27,30). The van der Waals surface area contributed by atoms with Crippen molar-refractivity contribution in [1.29, 1.82) is 0 Å². The zero-order valence-corrected chi connectivity index (χ0v) is 19.5. The van der Waals surface area contributed by atoms with Crippen LogP contribution >= 0.6 is 0 Å². The second-order valence-corrected chi connectivity index (χ2v) is 9.45. The minimum atomic E-state index is -0.499. The Labute approximate surface area is 202 Å². The predicted octanol–water partition coefficient (Wildman–Crippen LogP) is 2.97. The lowest BCUT2D eigenvalue weighted by Crippen LogP contribution is -2.36. The van der Waals surface area contributed by atoms with Gasteiger partial charge in [0.2, 0.25) is 0 Å². The molecule has 3 aliphatic rings. The minimum absolute atomic E-state index is 0.132. The molecule has 0 radical (unpaired) electrons. The van der Waals surface area contributed by atoms with Crippen LogP contribution < -0.4 is 5.32 Å². The van der Waals surface area contributed by atoms with Crippen molar-refractivity contribution in [2.45, 2.75) is 32.8 Å². The number of carbonyl (C=O) groups is 5. The summed E-state index contributed by atoms with van der Waals surface area (Å²) in [5, 5.41) is 2.72. The van der Waals surface area contributed by atoms with Crippen LogP contribution in [0.25, 0.3) is 0 Å². The maximum absolute atomic E-state index is 12.9. The molecule has 1 saturated heterocycles. The Hall–Kier alpha value is -3.85. The summed E-state index contributed by atoms with van der Waals surface area (Å²) in [7, 11) is 0. The van der Waals surface area contributed by atoms with E-state index in [9.17, 15) is 24.0 Å². The topological polar surface area (TPSA) is 113 Å². The van der Waals surface area contributed by atoms with Crippen molar-refractivity contribution in [2.24, 2.45) is 5.92 Å². The molecule has 2 aromatic carbocycles. The summed E-state index contributed by atoms with van der Waals surface area (Å²) < 4.78 is 5.55. The molecular weight excluding hydrogens is 450 g/mol. The molecular formula is C26H25N3O6. The number of nitrogens with one attached hydrogen (secondary N) is 1. The van der Waals surface area contributed by atoms with Crippen molar-refractivity contribution in [1.82, 2.24) is 9.80 Å². The van der Waals surface area contributed by atoms with Crippen LogP contribution in [0.5, 0.6) is 0 Å². The first kappa shape index (κ1) is 22.9. The summed E-state index contributed by atoms with van der Waals surface area (Å²) in [4.78, 5) is 66.1. The fourth-order valence-corrected chi connectivity index (χ4v) is 4.69. The van der Waals surface area contributed by atoms with Gasteiger partial charge in [-0.3, -0.25) is 33.8 Å². The first-order valence-corrected chi connectivity index (χ1v) is 11.7. The van der Waals surface area contributed by atoms with E-state index in [1.807, 2.05) is 13.8 Å². The van der Waals surface area contributed by atoms with Crippen LogP contribution in [-0.2, 0) is 4.74 Å². The number of imide groups is 2. The molecule has 180 valence electrons. The number of carbonyl (C=O) groups excluding carboxylic acids is 5. The van der Waals surface area contributed by atoms with E-state index in [4.69, 9.17) is 4.74 Å². The molecule has 3 aliphatic heterocycles. The maximum atomic E-state index is 12.9. The summed E-state index contributed by atoms with van der Waals surface area (Å²) in [5.41, 5.74) is 1.54. The average Bonchev–Trinajstić information content (AvgIpc) is 3.49. The molecule has 9 heteroatoms. The van der Waals surface area contributed by atoms with Crippen LogP contribution in [0.1, 0.15) is 78.5 Å². The highest BCUT2D eigenvalue weighted by atomic mass is 16.5. The zero-order valence-electron chi connectivity index (χ0n) is 19.5. The number of fused-ring (bicyclic) bond motifs is 2. The van der Waals surface area contributed by atoms with E-state index in [-0.39, 0.29) is 58.5 Å². The number of hydrogen-bond acceptors (Lipinski definition) is 6. The highest BCUT2D eigenvalue weighted by molar-refractivity contribution is 6.23. The molecule has 0 bridgehead atoms. The van der Waals surface area contributed by atoms with Crippen LogP contribution in [-0.4, -0.2) is 65.1 Å². The Balaban J connectivity index is 1.33. The smallest absolute Gasteiger partial charge is 0.261 e. The first-order valence-electron chi connectivity index (χ1n) is 11.7.